The minimum Gasteiger partial charge on any atom is -0.480 e. The number of aliphatic carboxylic acids is 1. The predicted molar refractivity (Wildman–Crippen MR) is 184 cm³/mol. The van der Waals surface area contributed by atoms with E-state index in [1.807, 2.05) is 0 Å². The molecule has 4 aromatic rings. The molecule has 15 nitrogen and oxygen atoms in total. The zero-order chi connectivity index (χ0) is 37.6. The highest BCUT2D eigenvalue weighted by molar-refractivity contribution is 6.34. The highest BCUT2D eigenvalue weighted by atomic mass is 35.5. The minimum absolute atomic E-state index is 0.00474. The lowest BCUT2D eigenvalue weighted by Gasteiger charge is -2.35. The van der Waals surface area contributed by atoms with Crippen LogP contribution in [-0.2, 0) is 22.8 Å². The number of nitrogen functional groups attached to an aromatic ring is 1. The van der Waals surface area contributed by atoms with Crippen molar-refractivity contribution in [2.45, 2.75) is 31.9 Å². The number of halogens is 4. The van der Waals surface area contributed by atoms with Crippen LogP contribution in [0.3, 0.4) is 0 Å². The topological polar surface area (TPSA) is 194 Å². The molecule has 0 spiro atoms. The normalized spacial score (nSPS) is 13.3. The molecule has 1 saturated heterocycles. The van der Waals surface area contributed by atoms with Crippen molar-refractivity contribution in [2.24, 2.45) is 7.05 Å². The first-order chi connectivity index (χ1) is 24.7. The number of nitrogens with one attached hydrogen (secondary N) is 2. The van der Waals surface area contributed by atoms with Gasteiger partial charge in [-0.3, -0.25) is 19.2 Å². The fourth-order valence-electron chi connectivity index (χ4n) is 5.63. The zero-order valence-corrected chi connectivity index (χ0v) is 28.7. The molecule has 3 aromatic heterocycles. The van der Waals surface area contributed by atoms with Crippen molar-refractivity contribution in [2.75, 3.05) is 50.3 Å². The molecule has 5 N–H and O–H groups in total. The first-order valence-electron chi connectivity index (χ1n) is 16.2. The van der Waals surface area contributed by atoms with Crippen molar-refractivity contribution in [1.29, 1.82) is 0 Å². The van der Waals surface area contributed by atoms with Crippen molar-refractivity contribution < 1.29 is 37.5 Å². The molecule has 19 heteroatoms. The summed E-state index contributed by atoms with van der Waals surface area (Å²) < 4.78 is 44.2. The van der Waals surface area contributed by atoms with Crippen LogP contribution < -0.4 is 16.4 Å². The van der Waals surface area contributed by atoms with Gasteiger partial charge in [0.25, 0.3) is 11.8 Å². The number of pyridine rings is 1. The molecule has 1 aromatic carbocycles. The van der Waals surface area contributed by atoms with E-state index >= 15 is 0 Å². The minimum atomic E-state index is -4.83. The number of alkyl halides is 3. The van der Waals surface area contributed by atoms with Gasteiger partial charge in [-0.15, -0.1) is 0 Å². The lowest BCUT2D eigenvalue weighted by molar-refractivity contribution is -0.141. The van der Waals surface area contributed by atoms with Crippen LogP contribution in [0.2, 0.25) is 5.02 Å². The maximum Gasteiger partial charge on any atom is 0.435 e. The summed E-state index contributed by atoms with van der Waals surface area (Å²) in [6, 6.07) is 7.22. The number of piperazine rings is 1. The highest BCUT2D eigenvalue weighted by Crippen LogP contribution is 2.37. The average molecular weight is 745 g/mol. The summed E-state index contributed by atoms with van der Waals surface area (Å²) in [5.41, 5.74) is 4.84. The van der Waals surface area contributed by atoms with Gasteiger partial charge in [0.15, 0.2) is 17.3 Å². The summed E-state index contributed by atoms with van der Waals surface area (Å²) in [4.78, 5) is 61.0. The number of unbranched alkanes of at least 4 members (excludes halogenated alkanes) is 2. The second kappa shape index (κ2) is 16.2. The quantitative estimate of drug-likeness (QED) is 0.147. The molecule has 0 saturated carbocycles. The Bertz CT molecular complexity index is 1940. The van der Waals surface area contributed by atoms with Crippen molar-refractivity contribution >= 4 is 46.7 Å². The van der Waals surface area contributed by atoms with Gasteiger partial charge in [-0.1, -0.05) is 18.0 Å². The molecule has 3 amide bonds. The summed E-state index contributed by atoms with van der Waals surface area (Å²) >= 11 is 6.46. The number of carboxylic acids is 1. The Morgan fingerprint density at radius 3 is 2.37 bits per heavy atom. The number of carboxylic acid groups (broad SMARTS) is 1. The van der Waals surface area contributed by atoms with E-state index in [0.717, 1.165) is 29.9 Å². The van der Waals surface area contributed by atoms with Gasteiger partial charge in [0.05, 0.1) is 46.5 Å². The number of carbonyl (C=O) groups excluding carboxylic acids is 3. The Balaban J connectivity index is 1.17. The smallest absolute Gasteiger partial charge is 0.435 e. The maximum atomic E-state index is 14.0. The van der Waals surface area contributed by atoms with Crippen LogP contribution in [0.5, 0.6) is 0 Å². The number of carbonyl (C=O) groups is 4. The molecule has 0 atom stereocenters. The lowest BCUT2D eigenvalue weighted by Crippen LogP contribution is -2.50. The van der Waals surface area contributed by atoms with Crippen LogP contribution >= 0.6 is 11.6 Å². The monoisotopic (exact) mass is 744 g/mol. The van der Waals surface area contributed by atoms with Gasteiger partial charge in [0.2, 0.25) is 5.91 Å². The molecule has 1 aliphatic rings. The number of amides is 3. The molecule has 1 aliphatic heterocycles. The highest BCUT2D eigenvalue weighted by Gasteiger charge is 2.39. The number of anilines is 2. The van der Waals surface area contributed by atoms with Crippen molar-refractivity contribution in [3.63, 3.8) is 0 Å². The van der Waals surface area contributed by atoms with E-state index in [9.17, 15) is 32.3 Å². The number of hydrogen-bond donors (Lipinski definition) is 4. The zero-order valence-electron chi connectivity index (χ0n) is 28.0. The Morgan fingerprint density at radius 1 is 0.981 bits per heavy atom. The van der Waals surface area contributed by atoms with Gasteiger partial charge >= 0.3 is 12.1 Å². The SMILES string of the molecule is Cn1c(-c2cn(-c3ccc(N)cn3)nc2C(F)(F)F)cnc1C(=O)Nc1ccc(C(=O)N2CCN(C(=O)CCCCCNCC(=O)O)CC2)c(Cl)c1. The lowest BCUT2D eigenvalue weighted by atomic mass is 10.1. The van der Waals surface area contributed by atoms with Gasteiger partial charge < -0.3 is 35.8 Å². The van der Waals surface area contributed by atoms with E-state index in [4.69, 9.17) is 22.4 Å². The van der Waals surface area contributed by atoms with E-state index in [1.54, 1.807) is 9.80 Å². The summed E-state index contributed by atoms with van der Waals surface area (Å²) in [5.74, 6) is -2.09. The van der Waals surface area contributed by atoms with Crippen LogP contribution in [0.25, 0.3) is 17.1 Å². The van der Waals surface area contributed by atoms with Gasteiger partial charge in [0.1, 0.15) is 0 Å². The van der Waals surface area contributed by atoms with Crippen molar-refractivity contribution in [3.05, 3.63) is 71.0 Å². The fourth-order valence-corrected chi connectivity index (χ4v) is 5.89. The second-order valence-corrected chi connectivity index (χ2v) is 12.4. The second-order valence-electron chi connectivity index (χ2n) is 12.0. The van der Waals surface area contributed by atoms with Gasteiger partial charge in [-0.25, -0.2) is 14.6 Å². The standard InChI is InChI=1S/C33H36ClF3N10O5/c1-44-25(23-19-47(43-29(23)33(35,36)37)26-9-6-20(38)16-40-26)17-41-30(44)31(51)42-21-7-8-22(24(34)15-21)32(52)46-13-11-45(12-14-46)27(48)5-3-2-4-10-39-18-28(49)50/h6-9,15-17,19,39H,2-5,10-14,18,38H2,1H3,(H,42,51)(H,49,50). The third-order valence-electron chi connectivity index (χ3n) is 8.35. The molecule has 1 fully saturated rings. The summed E-state index contributed by atoms with van der Waals surface area (Å²) in [6.45, 7) is 1.83. The molecule has 0 radical (unpaired) electrons. The molecule has 0 aliphatic carbocycles. The Labute approximate surface area is 300 Å². The number of nitrogens with two attached hydrogens (primary N) is 1. The third-order valence-corrected chi connectivity index (χ3v) is 8.67. The number of nitrogens with zero attached hydrogens (tertiary/aromatic N) is 7. The first kappa shape index (κ1) is 37.8. The predicted octanol–water partition coefficient (Wildman–Crippen LogP) is 3.69. The maximum absolute atomic E-state index is 14.0. The third kappa shape index (κ3) is 9.05. The molecular weight excluding hydrogens is 709 g/mol. The number of benzene rings is 1. The summed E-state index contributed by atoms with van der Waals surface area (Å²) in [7, 11) is 1.39. The van der Waals surface area contributed by atoms with Crippen LogP contribution in [-0.4, -0.2) is 102 Å². The van der Waals surface area contributed by atoms with E-state index in [2.05, 4.69) is 25.7 Å². The molecule has 4 heterocycles. The van der Waals surface area contributed by atoms with Crippen LogP contribution in [0, 0.1) is 0 Å². The van der Waals surface area contributed by atoms with Crippen molar-refractivity contribution in [3.8, 4) is 17.1 Å². The number of rotatable bonds is 13. The average Bonchev–Trinajstić information content (AvgIpc) is 3.72. The molecule has 5 rings (SSSR count). The van der Waals surface area contributed by atoms with E-state index in [1.165, 1.54) is 48.1 Å². The fraction of sp³-hybridized carbons (Fsp3) is 0.364. The number of imidazole rings is 1. The molecule has 0 unspecified atom stereocenters. The number of aromatic nitrogens is 5. The number of hydrogen-bond acceptors (Lipinski definition) is 9. The van der Waals surface area contributed by atoms with Crippen LogP contribution in [0.15, 0.2) is 48.9 Å². The molecule has 52 heavy (non-hydrogen) atoms. The van der Waals surface area contributed by atoms with Crippen LogP contribution in [0.1, 0.15) is 52.4 Å². The Hall–Kier alpha value is -5.49. The summed E-state index contributed by atoms with van der Waals surface area (Å²) in [6.07, 6.45) is 1.34. The van der Waals surface area contributed by atoms with Gasteiger partial charge in [-0.05, 0) is 49.7 Å². The van der Waals surface area contributed by atoms with Gasteiger partial charge in [-0.2, -0.15) is 18.3 Å². The van der Waals surface area contributed by atoms with Gasteiger partial charge in [0, 0.05) is 51.5 Å². The Kier molecular flexibility index (Phi) is 11.8. The van der Waals surface area contributed by atoms with Crippen molar-refractivity contribution in [1.82, 2.24) is 39.4 Å². The first-order valence-corrected chi connectivity index (χ1v) is 16.6. The molecule has 276 valence electrons. The Morgan fingerprint density at radius 2 is 1.71 bits per heavy atom. The van der Waals surface area contributed by atoms with E-state index < -0.39 is 23.7 Å². The van der Waals surface area contributed by atoms with E-state index in [-0.39, 0.29) is 57.5 Å². The largest absolute Gasteiger partial charge is 0.480 e. The van der Waals surface area contributed by atoms with E-state index in [0.29, 0.717) is 51.3 Å². The van der Waals surface area contributed by atoms with Crippen LogP contribution in [0.4, 0.5) is 24.5 Å². The molecule has 0 bridgehead atoms. The molecular formula is C33H36ClF3N10O5. The summed E-state index contributed by atoms with van der Waals surface area (Å²) in [5, 5.41) is 17.8.